The van der Waals surface area contributed by atoms with Gasteiger partial charge in [0.25, 0.3) is 0 Å². The van der Waals surface area contributed by atoms with Gasteiger partial charge in [0, 0.05) is 39.6 Å². The lowest BCUT2D eigenvalue weighted by Gasteiger charge is -2.54. The fraction of sp³-hybridized carbons (Fsp3) is 1.00. The lowest BCUT2D eigenvalue weighted by Crippen LogP contribution is -2.76. The van der Waals surface area contributed by atoms with Crippen molar-refractivity contribution in [3.8, 4) is 0 Å². The van der Waals surface area contributed by atoms with Crippen LogP contribution in [0.4, 0.5) is 0 Å². The van der Waals surface area contributed by atoms with Crippen LogP contribution in [0, 0.1) is 0 Å². The first kappa shape index (κ1) is 31.2. The minimum absolute atomic E-state index is 0.499. The molecule has 9 heteroatoms. The van der Waals surface area contributed by atoms with Crippen molar-refractivity contribution < 1.29 is 28.4 Å². The predicted molar refractivity (Wildman–Crippen MR) is 134 cm³/mol. The summed E-state index contributed by atoms with van der Waals surface area (Å²) >= 11 is 0. The van der Waals surface area contributed by atoms with E-state index in [0.717, 1.165) is 25.7 Å². The monoisotopic (exact) mass is 481 g/mol. The van der Waals surface area contributed by atoms with Crippen LogP contribution in [-0.2, 0) is 28.4 Å². The van der Waals surface area contributed by atoms with Gasteiger partial charge in [0.05, 0.1) is 20.5 Å². The van der Waals surface area contributed by atoms with Crippen molar-refractivity contribution in [1.82, 2.24) is 5.32 Å². The summed E-state index contributed by atoms with van der Waals surface area (Å²) in [5.74, 6) is 0. The number of nitrogens with one attached hydrogen (secondary N) is 1. The van der Waals surface area contributed by atoms with E-state index in [1.807, 2.05) is 41.5 Å². The highest BCUT2D eigenvalue weighted by Gasteiger charge is 2.57. The Kier molecular flexibility index (Phi) is 15.2. The van der Waals surface area contributed by atoms with Crippen LogP contribution in [0.3, 0.4) is 0 Å². The van der Waals surface area contributed by atoms with Gasteiger partial charge in [-0.3, -0.25) is 5.32 Å². The standard InChI is InChI=1S/C22H51NO6Si2/c1-9-15-17-28-21(30,26-13-5)19(7,24-11-3)23-20(8,25-12-4)22(31,27-14-6)29-18-16-10-2/h23H,9-18H2,1-8,30-31H3. The number of unbranched alkanes of at least 4 members (excludes halogenated alkanes) is 2. The highest BCUT2D eigenvalue weighted by molar-refractivity contribution is 6.15. The van der Waals surface area contributed by atoms with Gasteiger partial charge in [-0.2, -0.15) is 0 Å². The molecule has 4 atom stereocenters. The quantitative estimate of drug-likeness (QED) is 0.162. The van der Waals surface area contributed by atoms with E-state index in [1.54, 1.807) is 0 Å². The van der Waals surface area contributed by atoms with Crippen LogP contribution in [0.15, 0.2) is 0 Å². The van der Waals surface area contributed by atoms with Gasteiger partial charge in [-0.25, -0.2) is 0 Å². The van der Waals surface area contributed by atoms with Gasteiger partial charge in [0.15, 0.2) is 22.3 Å². The molecule has 0 aliphatic rings. The third-order valence-corrected chi connectivity index (χ3v) is 8.73. The average Bonchev–Trinajstić information content (AvgIpc) is 2.69. The highest BCUT2D eigenvalue weighted by atomic mass is 28.2. The minimum Gasteiger partial charge on any atom is -0.356 e. The van der Waals surface area contributed by atoms with E-state index < -0.39 is 22.3 Å². The molecule has 31 heavy (non-hydrogen) atoms. The molecule has 0 radical (unpaired) electrons. The second-order valence-corrected chi connectivity index (χ2v) is 10.9. The van der Waals surface area contributed by atoms with E-state index in [-0.39, 0.29) is 0 Å². The fourth-order valence-corrected chi connectivity index (χ4v) is 5.13. The van der Waals surface area contributed by atoms with Crippen molar-refractivity contribution in [1.29, 1.82) is 0 Å². The first-order valence-corrected chi connectivity index (χ1v) is 14.2. The van der Waals surface area contributed by atoms with Crippen molar-refractivity contribution in [3.05, 3.63) is 0 Å². The van der Waals surface area contributed by atoms with Gasteiger partial charge in [0.2, 0.25) is 0 Å². The molecule has 7 nitrogen and oxygen atoms in total. The molecule has 0 aromatic carbocycles. The maximum atomic E-state index is 6.35. The van der Waals surface area contributed by atoms with Gasteiger partial charge in [-0.05, 0) is 54.4 Å². The van der Waals surface area contributed by atoms with Crippen molar-refractivity contribution in [3.63, 3.8) is 0 Å². The maximum absolute atomic E-state index is 6.35. The van der Waals surface area contributed by atoms with E-state index in [2.05, 4.69) is 19.2 Å². The van der Waals surface area contributed by atoms with Crippen LogP contribution in [0.5, 0.6) is 0 Å². The summed E-state index contributed by atoms with van der Waals surface area (Å²) in [5.41, 5.74) is -3.71. The van der Waals surface area contributed by atoms with Crippen LogP contribution in [-0.4, -0.2) is 82.4 Å². The van der Waals surface area contributed by atoms with Crippen molar-refractivity contribution in [2.75, 3.05) is 39.6 Å². The van der Waals surface area contributed by atoms with Crippen molar-refractivity contribution >= 4 is 20.5 Å². The summed E-state index contributed by atoms with van der Waals surface area (Å²) in [6, 6.07) is 0. The summed E-state index contributed by atoms with van der Waals surface area (Å²) < 4.78 is 37.8. The fourth-order valence-electron chi connectivity index (χ4n) is 3.60. The van der Waals surface area contributed by atoms with Crippen LogP contribution in [0.2, 0.25) is 0 Å². The zero-order chi connectivity index (χ0) is 24.0. The van der Waals surface area contributed by atoms with Gasteiger partial charge in [-0.15, -0.1) is 0 Å². The molecule has 188 valence electrons. The van der Waals surface area contributed by atoms with Gasteiger partial charge < -0.3 is 28.4 Å². The number of hydrogen-bond donors (Lipinski definition) is 1. The molecule has 0 fully saturated rings. The second kappa shape index (κ2) is 15.1. The largest absolute Gasteiger partial charge is 0.356 e. The zero-order valence-corrected chi connectivity index (χ0v) is 26.0. The smallest absolute Gasteiger partial charge is 0.182 e. The van der Waals surface area contributed by atoms with Crippen LogP contribution < -0.4 is 5.32 Å². The van der Waals surface area contributed by atoms with Crippen molar-refractivity contribution in [2.45, 2.75) is 103 Å². The summed E-state index contributed by atoms with van der Waals surface area (Å²) in [7, 11) is 1.20. The molecule has 0 saturated heterocycles. The molecule has 4 unspecified atom stereocenters. The summed E-state index contributed by atoms with van der Waals surface area (Å²) in [6.45, 7) is 19.5. The minimum atomic E-state index is -0.956. The van der Waals surface area contributed by atoms with E-state index in [1.165, 1.54) is 0 Å². The summed E-state index contributed by atoms with van der Waals surface area (Å²) in [5, 5.41) is 3.64. The molecule has 0 saturated carbocycles. The van der Waals surface area contributed by atoms with Gasteiger partial charge in [-0.1, -0.05) is 26.7 Å². The first-order chi connectivity index (χ1) is 14.6. The third kappa shape index (κ3) is 8.79. The molecule has 0 aliphatic heterocycles. The van der Waals surface area contributed by atoms with E-state index in [9.17, 15) is 0 Å². The molecular formula is C22H51NO6Si2. The van der Waals surface area contributed by atoms with Crippen LogP contribution in [0.25, 0.3) is 0 Å². The molecule has 1 N–H and O–H groups in total. The summed E-state index contributed by atoms with van der Waals surface area (Å²) in [4.78, 5) is 0. The Morgan fingerprint density at radius 3 is 1.13 bits per heavy atom. The van der Waals surface area contributed by atoms with Crippen molar-refractivity contribution in [2.24, 2.45) is 0 Å². The molecule has 0 heterocycles. The van der Waals surface area contributed by atoms with Gasteiger partial charge >= 0.3 is 0 Å². The molecule has 0 spiro atoms. The Bertz CT molecular complexity index is 437. The average molecular weight is 482 g/mol. The normalized spacial score (nSPS) is 20.1. The topological polar surface area (TPSA) is 67.4 Å². The molecule has 0 amide bonds. The molecule has 0 aromatic rings. The van der Waals surface area contributed by atoms with Crippen LogP contribution >= 0.6 is 0 Å². The van der Waals surface area contributed by atoms with E-state index in [0.29, 0.717) is 60.1 Å². The second-order valence-electron chi connectivity index (χ2n) is 8.22. The lowest BCUT2D eigenvalue weighted by molar-refractivity contribution is -0.340. The van der Waals surface area contributed by atoms with Gasteiger partial charge in [0.1, 0.15) is 0 Å². The Balaban J connectivity index is 6.18. The van der Waals surface area contributed by atoms with Crippen LogP contribution in [0.1, 0.15) is 81.1 Å². The predicted octanol–water partition coefficient (Wildman–Crippen LogP) is 1.83. The Morgan fingerprint density at radius 1 is 0.548 bits per heavy atom. The molecule has 0 aromatic heterocycles. The highest BCUT2D eigenvalue weighted by Crippen LogP contribution is 2.35. The molecular weight excluding hydrogens is 430 g/mol. The number of hydrogen-bond acceptors (Lipinski definition) is 7. The zero-order valence-electron chi connectivity index (χ0n) is 22.0. The molecule has 0 aliphatic carbocycles. The SMILES string of the molecule is CCCCOC([SiH3])(OCC)C(C)(NC(C)(OCC)C([SiH3])(OCC)OCCCC)OCC. The van der Waals surface area contributed by atoms with E-state index in [4.69, 9.17) is 28.4 Å². The molecule has 0 bridgehead atoms. The molecule has 0 rings (SSSR count). The third-order valence-electron chi connectivity index (χ3n) is 5.67. The van der Waals surface area contributed by atoms with E-state index >= 15 is 0 Å². The summed E-state index contributed by atoms with van der Waals surface area (Å²) in [6.07, 6.45) is 4.04. The Morgan fingerprint density at radius 2 is 0.871 bits per heavy atom. The lowest BCUT2D eigenvalue weighted by atomic mass is 10.1. The first-order valence-electron chi connectivity index (χ1n) is 12.2. The number of ether oxygens (including phenoxy) is 6. The number of rotatable bonds is 20. The Hall–Kier alpha value is 0.154. The Labute approximate surface area is 197 Å². The maximum Gasteiger partial charge on any atom is 0.182 e.